The van der Waals surface area contributed by atoms with Crippen molar-refractivity contribution in [2.75, 3.05) is 6.54 Å². The number of carbonyl (C=O) groups is 3. The summed E-state index contributed by atoms with van der Waals surface area (Å²) < 4.78 is 0. The number of fused-ring (bicyclic) bond motifs is 1. The highest BCUT2D eigenvalue weighted by Crippen LogP contribution is 2.25. The number of benzene rings is 1. The van der Waals surface area contributed by atoms with Gasteiger partial charge in [0, 0.05) is 11.6 Å². The molecule has 0 saturated carbocycles. The van der Waals surface area contributed by atoms with Crippen LogP contribution >= 0.6 is 0 Å². The Morgan fingerprint density at radius 2 is 1.95 bits per heavy atom. The highest BCUT2D eigenvalue weighted by molar-refractivity contribution is 6.22. The maximum absolute atomic E-state index is 12.2. The highest BCUT2D eigenvalue weighted by Gasteiger charge is 2.37. The lowest BCUT2D eigenvalue weighted by atomic mass is 10.1. The van der Waals surface area contributed by atoms with Gasteiger partial charge in [-0.3, -0.25) is 19.3 Å². The van der Waals surface area contributed by atoms with Gasteiger partial charge >= 0.3 is 0 Å². The summed E-state index contributed by atoms with van der Waals surface area (Å²) in [6.07, 6.45) is 5.07. The molecule has 5 nitrogen and oxygen atoms in total. The zero-order chi connectivity index (χ0) is 14.9. The molecule has 0 fully saturated rings. The summed E-state index contributed by atoms with van der Waals surface area (Å²) in [5.41, 5.74) is 0.903. The van der Waals surface area contributed by atoms with E-state index in [0.717, 1.165) is 0 Å². The van der Waals surface area contributed by atoms with Gasteiger partial charge in [0.15, 0.2) is 0 Å². The predicted octanol–water partition coefficient (Wildman–Crippen LogP) is 1.05. The fraction of sp³-hybridized carbons (Fsp3) is 0.267. The molecule has 102 valence electrons. The Morgan fingerprint density at radius 3 is 2.55 bits per heavy atom. The van der Waals surface area contributed by atoms with Crippen LogP contribution in [0.3, 0.4) is 0 Å². The molecule has 1 aromatic rings. The number of terminal acetylenes is 1. The molecule has 0 saturated heterocycles. The van der Waals surface area contributed by atoms with Crippen LogP contribution in [0.5, 0.6) is 0 Å². The van der Waals surface area contributed by atoms with Gasteiger partial charge in [0.1, 0.15) is 0 Å². The van der Waals surface area contributed by atoms with Crippen LogP contribution in [0, 0.1) is 12.3 Å². The molecule has 1 aliphatic heterocycles. The van der Waals surface area contributed by atoms with Crippen molar-refractivity contribution in [2.45, 2.75) is 19.9 Å². The smallest absolute Gasteiger partial charge is 0.261 e. The monoisotopic (exact) mass is 270 g/mol. The van der Waals surface area contributed by atoms with E-state index < -0.39 is 0 Å². The zero-order valence-corrected chi connectivity index (χ0v) is 11.3. The van der Waals surface area contributed by atoms with E-state index in [2.05, 4.69) is 11.2 Å². The summed E-state index contributed by atoms with van der Waals surface area (Å²) in [6.45, 7) is 3.64. The molecule has 5 heteroatoms. The summed E-state index contributed by atoms with van der Waals surface area (Å²) in [5, 5.41) is 2.51. The molecule has 0 aliphatic carbocycles. The minimum Gasteiger partial charge on any atom is -0.341 e. The molecule has 2 rings (SSSR count). The minimum atomic E-state index is -0.369. The van der Waals surface area contributed by atoms with E-state index in [0.29, 0.717) is 11.1 Å². The fourth-order valence-corrected chi connectivity index (χ4v) is 2.10. The second-order valence-electron chi connectivity index (χ2n) is 4.72. The van der Waals surface area contributed by atoms with Crippen LogP contribution in [0.1, 0.15) is 44.9 Å². The van der Waals surface area contributed by atoms with E-state index in [1.807, 2.05) is 0 Å². The topological polar surface area (TPSA) is 66.5 Å². The Hall–Kier alpha value is -2.61. The third-order valence-electron chi connectivity index (χ3n) is 3.05. The van der Waals surface area contributed by atoms with Crippen LogP contribution in [0.4, 0.5) is 0 Å². The molecule has 1 aliphatic rings. The van der Waals surface area contributed by atoms with Gasteiger partial charge in [-0.15, -0.1) is 6.42 Å². The predicted molar refractivity (Wildman–Crippen MR) is 73.2 cm³/mol. The molecule has 1 aromatic carbocycles. The first kappa shape index (κ1) is 13.8. The van der Waals surface area contributed by atoms with E-state index in [9.17, 15) is 14.4 Å². The molecule has 1 N–H and O–H groups in total. The van der Waals surface area contributed by atoms with Gasteiger partial charge in [0.2, 0.25) is 0 Å². The number of amides is 3. The largest absolute Gasteiger partial charge is 0.341 e. The molecule has 0 bridgehead atoms. The fourth-order valence-electron chi connectivity index (χ4n) is 2.10. The normalized spacial score (nSPS) is 13.4. The maximum atomic E-state index is 12.2. The van der Waals surface area contributed by atoms with Crippen LogP contribution in [-0.2, 0) is 0 Å². The molecular formula is C15H14N2O3. The van der Waals surface area contributed by atoms with Crippen molar-refractivity contribution in [3.63, 3.8) is 0 Å². The standard InChI is InChI=1S/C15H14N2O3/c1-4-7-16-13(18)10-5-6-11-12(8-10)15(20)17(9(2)3)14(11)19/h1,5-6,8-9H,7H2,2-3H3,(H,16,18). The Morgan fingerprint density at radius 1 is 1.30 bits per heavy atom. The first-order chi connectivity index (χ1) is 9.47. The second kappa shape index (κ2) is 5.17. The molecule has 3 amide bonds. The van der Waals surface area contributed by atoms with Gasteiger partial charge in [-0.2, -0.15) is 0 Å². The summed E-state index contributed by atoms with van der Waals surface area (Å²) in [5.74, 6) is 1.24. The van der Waals surface area contributed by atoms with Gasteiger partial charge in [-0.05, 0) is 32.0 Å². The van der Waals surface area contributed by atoms with Gasteiger partial charge < -0.3 is 5.32 Å². The Balaban J connectivity index is 2.36. The van der Waals surface area contributed by atoms with E-state index in [1.54, 1.807) is 13.8 Å². The number of rotatable bonds is 3. The molecule has 0 spiro atoms. The average molecular weight is 270 g/mol. The van der Waals surface area contributed by atoms with E-state index in [-0.39, 0.29) is 35.9 Å². The van der Waals surface area contributed by atoms with Gasteiger partial charge in [0.05, 0.1) is 17.7 Å². The lowest BCUT2D eigenvalue weighted by molar-refractivity contribution is 0.0609. The molecule has 1 heterocycles. The SMILES string of the molecule is C#CCNC(=O)c1ccc2c(c1)C(=O)N(C(C)C)C2=O. The van der Waals surface area contributed by atoms with Crippen LogP contribution < -0.4 is 5.32 Å². The molecular weight excluding hydrogens is 256 g/mol. The summed E-state index contributed by atoms with van der Waals surface area (Å²) in [4.78, 5) is 37.2. The number of nitrogens with one attached hydrogen (secondary N) is 1. The number of imide groups is 1. The summed E-state index contributed by atoms with van der Waals surface area (Å²) >= 11 is 0. The van der Waals surface area contributed by atoms with Crippen molar-refractivity contribution in [3.8, 4) is 12.3 Å². The third kappa shape index (κ3) is 2.16. The van der Waals surface area contributed by atoms with Crippen molar-refractivity contribution in [1.29, 1.82) is 0 Å². The second-order valence-corrected chi connectivity index (χ2v) is 4.72. The van der Waals surface area contributed by atoms with Crippen molar-refractivity contribution in [2.24, 2.45) is 0 Å². The Bertz CT molecular complexity index is 641. The summed E-state index contributed by atoms with van der Waals surface area (Å²) in [7, 11) is 0. The zero-order valence-electron chi connectivity index (χ0n) is 11.3. The van der Waals surface area contributed by atoms with Gasteiger partial charge in [-0.25, -0.2) is 0 Å². The Labute approximate surface area is 117 Å². The van der Waals surface area contributed by atoms with E-state index in [4.69, 9.17) is 6.42 Å². The lowest BCUT2D eigenvalue weighted by Crippen LogP contribution is -2.35. The molecule has 0 aromatic heterocycles. The van der Waals surface area contributed by atoms with E-state index >= 15 is 0 Å². The molecule has 0 radical (unpaired) electrons. The van der Waals surface area contributed by atoms with Crippen LogP contribution in [0.15, 0.2) is 18.2 Å². The number of nitrogens with zero attached hydrogens (tertiary/aromatic N) is 1. The van der Waals surface area contributed by atoms with Crippen molar-refractivity contribution in [3.05, 3.63) is 34.9 Å². The van der Waals surface area contributed by atoms with Gasteiger partial charge in [-0.1, -0.05) is 5.92 Å². The van der Waals surface area contributed by atoms with Crippen LogP contribution in [0.25, 0.3) is 0 Å². The Kier molecular flexibility index (Phi) is 3.57. The number of hydrogen-bond acceptors (Lipinski definition) is 3. The van der Waals surface area contributed by atoms with E-state index in [1.165, 1.54) is 23.1 Å². The highest BCUT2D eigenvalue weighted by atomic mass is 16.2. The van der Waals surface area contributed by atoms with Crippen molar-refractivity contribution in [1.82, 2.24) is 10.2 Å². The van der Waals surface area contributed by atoms with Gasteiger partial charge in [0.25, 0.3) is 17.7 Å². The third-order valence-corrected chi connectivity index (χ3v) is 3.05. The average Bonchev–Trinajstić information content (AvgIpc) is 2.67. The number of carbonyl (C=O) groups excluding carboxylic acids is 3. The molecule has 0 atom stereocenters. The molecule has 20 heavy (non-hydrogen) atoms. The quantitative estimate of drug-likeness (QED) is 0.659. The first-order valence-corrected chi connectivity index (χ1v) is 6.21. The number of hydrogen-bond donors (Lipinski definition) is 1. The summed E-state index contributed by atoms with van der Waals surface area (Å²) in [6, 6.07) is 4.23. The van der Waals surface area contributed by atoms with Crippen LogP contribution in [0.2, 0.25) is 0 Å². The van der Waals surface area contributed by atoms with Crippen molar-refractivity contribution >= 4 is 17.7 Å². The molecule has 0 unspecified atom stereocenters. The minimum absolute atomic E-state index is 0.112. The van der Waals surface area contributed by atoms with Crippen molar-refractivity contribution < 1.29 is 14.4 Å². The lowest BCUT2D eigenvalue weighted by Gasteiger charge is -2.17. The van der Waals surface area contributed by atoms with Crippen LogP contribution in [-0.4, -0.2) is 35.2 Å². The first-order valence-electron chi connectivity index (χ1n) is 6.21. The maximum Gasteiger partial charge on any atom is 0.261 e.